The van der Waals surface area contributed by atoms with Crippen LogP contribution in [0, 0.1) is 6.92 Å². The van der Waals surface area contributed by atoms with Gasteiger partial charge in [-0.15, -0.1) is 0 Å². The fourth-order valence-electron chi connectivity index (χ4n) is 0.979. The molecule has 0 saturated carbocycles. The standard InChI is InChI=1S/C10H21O2/c1-3-4-5-6-7-8-12-10-9-11-2/h1,3-10H2,2H3. The van der Waals surface area contributed by atoms with Crippen LogP contribution in [0.5, 0.6) is 0 Å². The van der Waals surface area contributed by atoms with E-state index in [9.17, 15) is 0 Å². The molecule has 0 aromatic rings. The molecule has 2 nitrogen and oxygen atoms in total. The van der Waals surface area contributed by atoms with Gasteiger partial charge in [0.1, 0.15) is 0 Å². The molecule has 0 rings (SSSR count). The Kier molecular flexibility index (Phi) is 10.8. The summed E-state index contributed by atoms with van der Waals surface area (Å²) >= 11 is 0. The molecule has 0 bridgehead atoms. The maximum atomic E-state index is 5.31. The zero-order valence-corrected chi connectivity index (χ0v) is 8.18. The van der Waals surface area contributed by atoms with Crippen LogP contribution in [0.15, 0.2) is 0 Å². The lowest BCUT2D eigenvalue weighted by molar-refractivity contribution is 0.0686. The van der Waals surface area contributed by atoms with E-state index in [-0.39, 0.29) is 0 Å². The van der Waals surface area contributed by atoms with Crippen LogP contribution in [0.2, 0.25) is 0 Å². The third kappa shape index (κ3) is 9.92. The molecule has 0 aromatic heterocycles. The molecule has 12 heavy (non-hydrogen) atoms. The maximum Gasteiger partial charge on any atom is 0.0700 e. The van der Waals surface area contributed by atoms with Crippen molar-refractivity contribution < 1.29 is 9.47 Å². The molecule has 1 radical (unpaired) electrons. The third-order valence-corrected chi connectivity index (χ3v) is 1.72. The molecule has 0 amide bonds. The van der Waals surface area contributed by atoms with Crippen LogP contribution < -0.4 is 0 Å². The van der Waals surface area contributed by atoms with Crippen LogP contribution in [-0.2, 0) is 9.47 Å². The highest BCUT2D eigenvalue weighted by Gasteiger charge is 1.89. The van der Waals surface area contributed by atoms with Gasteiger partial charge in [0, 0.05) is 13.7 Å². The van der Waals surface area contributed by atoms with Crippen LogP contribution in [0.3, 0.4) is 0 Å². The molecule has 0 heterocycles. The van der Waals surface area contributed by atoms with Gasteiger partial charge in [-0.3, -0.25) is 0 Å². The highest BCUT2D eigenvalue weighted by Crippen LogP contribution is 2.01. The summed E-state index contributed by atoms with van der Waals surface area (Å²) < 4.78 is 10.2. The average Bonchev–Trinajstić information content (AvgIpc) is 2.10. The Morgan fingerprint density at radius 1 is 0.917 bits per heavy atom. The van der Waals surface area contributed by atoms with Crippen LogP contribution in [0.4, 0.5) is 0 Å². The van der Waals surface area contributed by atoms with Crippen molar-refractivity contribution >= 4 is 0 Å². The van der Waals surface area contributed by atoms with Gasteiger partial charge in [0.05, 0.1) is 13.2 Å². The number of unbranched alkanes of at least 4 members (excludes halogenated alkanes) is 4. The molecule has 0 aliphatic heterocycles. The fourth-order valence-corrected chi connectivity index (χ4v) is 0.979. The van der Waals surface area contributed by atoms with Crippen LogP contribution in [0.25, 0.3) is 0 Å². The molecule has 0 aliphatic carbocycles. The van der Waals surface area contributed by atoms with Crippen molar-refractivity contribution in [2.24, 2.45) is 0 Å². The van der Waals surface area contributed by atoms with Crippen molar-refractivity contribution in [1.29, 1.82) is 0 Å². The molecule has 0 N–H and O–H groups in total. The van der Waals surface area contributed by atoms with Gasteiger partial charge in [0.25, 0.3) is 0 Å². The largest absolute Gasteiger partial charge is 0.382 e. The third-order valence-electron chi connectivity index (χ3n) is 1.72. The zero-order chi connectivity index (χ0) is 9.07. The number of hydrogen-bond donors (Lipinski definition) is 0. The quantitative estimate of drug-likeness (QED) is 0.499. The highest BCUT2D eigenvalue weighted by molar-refractivity contribution is 4.44. The summed E-state index contributed by atoms with van der Waals surface area (Å²) in [6, 6.07) is 0. The minimum absolute atomic E-state index is 0.707. The molecule has 0 saturated heterocycles. The lowest BCUT2D eigenvalue weighted by Gasteiger charge is -2.02. The van der Waals surface area contributed by atoms with Gasteiger partial charge in [-0.2, -0.15) is 0 Å². The van der Waals surface area contributed by atoms with Crippen LogP contribution in [0.1, 0.15) is 32.1 Å². The zero-order valence-electron chi connectivity index (χ0n) is 8.18. The summed E-state index contributed by atoms with van der Waals surface area (Å²) in [5.41, 5.74) is 0. The second kappa shape index (κ2) is 10.9. The number of ether oxygens (including phenoxy) is 2. The highest BCUT2D eigenvalue weighted by atomic mass is 16.5. The Hall–Kier alpha value is -0.0800. The molecular formula is C10H21O2. The molecule has 0 unspecified atom stereocenters. The summed E-state index contributed by atoms with van der Waals surface area (Å²) in [4.78, 5) is 0. The second-order valence-electron chi connectivity index (χ2n) is 2.87. The predicted molar refractivity (Wildman–Crippen MR) is 51.1 cm³/mol. The van der Waals surface area contributed by atoms with E-state index in [0.29, 0.717) is 6.61 Å². The van der Waals surface area contributed by atoms with Crippen molar-refractivity contribution in [2.75, 3.05) is 26.9 Å². The Morgan fingerprint density at radius 2 is 1.67 bits per heavy atom. The van der Waals surface area contributed by atoms with E-state index >= 15 is 0 Å². The van der Waals surface area contributed by atoms with Crippen molar-refractivity contribution in [1.82, 2.24) is 0 Å². The normalized spacial score (nSPS) is 10.5. The van der Waals surface area contributed by atoms with E-state index in [1.54, 1.807) is 7.11 Å². The topological polar surface area (TPSA) is 18.5 Å². The fraction of sp³-hybridized carbons (Fsp3) is 0.900. The Balaban J connectivity index is 2.73. The van der Waals surface area contributed by atoms with Gasteiger partial charge in [0.2, 0.25) is 0 Å². The number of methoxy groups -OCH3 is 1. The Morgan fingerprint density at radius 3 is 2.33 bits per heavy atom. The van der Waals surface area contributed by atoms with E-state index in [1.807, 2.05) is 0 Å². The summed E-state index contributed by atoms with van der Waals surface area (Å²) in [5, 5.41) is 0. The van der Waals surface area contributed by atoms with Crippen molar-refractivity contribution in [3.05, 3.63) is 6.92 Å². The van der Waals surface area contributed by atoms with E-state index in [1.165, 1.54) is 25.7 Å². The van der Waals surface area contributed by atoms with E-state index in [4.69, 9.17) is 9.47 Å². The van der Waals surface area contributed by atoms with Gasteiger partial charge >= 0.3 is 0 Å². The minimum atomic E-state index is 0.707. The summed E-state index contributed by atoms with van der Waals surface area (Å²) in [7, 11) is 1.69. The summed E-state index contributed by atoms with van der Waals surface area (Å²) in [6.07, 6.45) is 6.03. The molecule has 0 aliphatic rings. The summed E-state index contributed by atoms with van der Waals surface area (Å²) in [6.45, 7) is 6.11. The second-order valence-corrected chi connectivity index (χ2v) is 2.87. The summed E-state index contributed by atoms with van der Waals surface area (Å²) in [5.74, 6) is 0. The lowest BCUT2D eigenvalue weighted by Crippen LogP contribution is -2.02. The van der Waals surface area contributed by atoms with Crippen LogP contribution >= 0.6 is 0 Å². The Bertz CT molecular complexity index is 64.2. The molecule has 73 valence electrons. The van der Waals surface area contributed by atoms with Crippen LogP contribution in [-0.4, -0.2) is 26.9 Å². The average molecular weight is 173 g/mol. The first-order valence-electron chi connectivity index (χ1n) is 4.77. The van der Waals surface area contributed by atoms with E-state index in [0.717, 1.165) is 19.6 Å². The van der Waals surface area contributed by atoms with Gasteiger partial charge in [-0.05, 0) is 6.42 Å². The minimum Gasteiger partial charge on any atom is -0.382 e. The van der Waals surface area contributed by atoms with Crippen molar-refractivity contribution in [3.8, 4) is 0 Å². The smallest absolute Gasteiger partial charge is 0.0700 e. The first-order valence-corrected chi connectivity index (χ1v) is 4.77. The number of hydrogen-bond acceptors (Lipinski definition) is 2. The Labute approximate surface area is 76.3 Å². The van der Waals surface area contributed by atoms with E-state index in [2.05, 4.69) is 6.92 Å². The predicted octanol–water partition coefficient (Wildman–Crippen LogP) is 2.43. The maximum absolute atomic E-state index is 5.31. The molecule has 0 fully saturated rings. The molecule has 0 atom stereocenters. The van der Waals surface area contributed by atoms with Crippen molar-refractivity contribution in [3.63, 3.8) is 0 Å². The van der Waals surface area contributed by atoms with Crippen molar-refractivity contribution in [2.45, 2.75) is 32.1 Å². The van der Waals surface area contributed by atoms with Gasteiger partial charge in [-0.25, -0.2) is 0 Å². The van der Waals surface area contributed by atoms with E-state index < -0.39 is 0 Å². The SMILES string of the molecule is [CH2]CCCCCCOCCOC. The molecule has 0 spiro atoms. The molecular weight excluding hydrogens is 152 g/mol. The number of rotatable bonds is 9. The van der Waals surface area contributed by atoms with Gasteiger partial charge < -0.3 is 9.47 Å². The molecule has 0 aromatic carbocycles. The van der Waals surface area contributed by atoms with Gasteiger partial charge in [0.15, 0.2) is 0 Å². The first kappa shape index (κ1) is 11.9. The van der Waals surface area contributed by atoms with Gasteiger partial charge in [-0.1, -0.05) is 32.6 Å². The molecule has 2 heteroatoms. The lowest BCUT2D eigenvalue weighted by atomic mass is 10.2. The first-order chi connectivity index (χ1) is 5.91. The monoisotopic (exact) mass is 173 g/mol.